The van der Waals surface area contributed by atoms with Crippen LogP contribution in [0.2, 0.25) is 0 Å². The standard InChI is InChI=1S/C14H19N3O.2ClH/c18-13-11-17(10-12-4-2-1-3-5-12)14(16-13)6-8-15-9-7-14;;/h1-5,15H,6-11H2,(H,16,18);2*1H. The van der Waals surface area contributed by atoms with Crippen molar-refractivity contribution in [3.05, 3.63) is 35.9 Å². The largest absolute Gasteiger partial charge is 0.337 e. The van der Waals surface area contributed by atoms with E-state index in [2.05, 4.69) is 39.8 Å². The van der Waals surface area contributed by atoms with Crippen LogP contribution in [0.5, 0.6) is 0 Å². The van der Waals surface area contributed by atoms with Crippen molar-refractivity contribution in [3.8, 4) is 0 Å². The molecular weight excluding hydrogens is 297 g/mol. The summed E-state index contributed by atoms with van der Waals surface area (Å²) in [5, 5.41) is 6.54. The summed E-state index contributed by atoms with van der Waals surface area (Å²) >= 11 is 0. The molecule has 0 atom stereocenters. The maximum absolute atomic E-state index is 11.7. The molecule has 1 aromatic carbocycles. The van der Waals surface area contributed by atoms with Crippen molar-refractivity contribution in [2.75, 3.05) is 19.6 Å². The summed E-state index contributed by atoms with van der Waals surface area (Å²) < 4.78 is 0. The van der Waals surface area contributed by atoms with Gasteiger partial charge in [0.15, 0.2) is 0 Å². The van der Waals surface area contributed by atoms with Crippen LogP contribution < -0.4 is 10.6 Å². The van der Waals surface area contributed by atoms with E-state index in [4.69, 9.17) is 0 Å². The summed E-state index contributed by atoms with van der Waals surface area (Å²) in [4.78, 5) is 14.0. The number of carbonyl (C=O) groups is 1. The van der Waals surface area contributed by atoms with Crippen LogP contribution in [0.4, 0.5) is 0 Å². The average molecular weight is 318 g/mol. The first-order valence-corrected chi connectivity index (χ1v) is 6.59. The summed E-state index contributed by atoms with van der Waals surface area (Å²) in [6.45, 7) is 3.33. The van der Waals surface area contributed by atoms with Gasteiger partial charge in [-0.3, -0.25) is 9.69 Å². The minimum Gasteiger partial charge on any atom is -0.337 e. The van der Waals surface area contributed by atoms with Crippen LogP contribution in [0, 0.1) is 0 Å². The molecule has 2 aliphatic rings. The predicted octanol–water partition coefficient (Wildman–Crippen LogP) is 1.54. The fourth-order valence-corrected chi connectivity index (χ4v) is 3.00. The third kappa shape index (κ3) is 3.44. The van der Waals surface area contributed by atoms with Crippen LogP contribution in [-0.4, -0.2) is 36.1 Å². The SMILES string of the molecule is Cl.Cl.O=C1CN(Cc2ccccc2)C2(CCNCC2)N1. The summed E-state index contributed by atoms with van der Waals surface area (Å²) in [5.41, 5.74) is 1.16. The lowest BCUT2D eigenvalue weighted by molar-refractivity contribution is -0.119. The second kappa shape index (κ2) is 7.27. The molecule has 0 bridgehead atoms. The molecule has 0 aromatic heterocycles. The van der Waals surface area contributed by atoms with Crippen molar-refractivity contribution < 1.29 is 4.79 Å². The van der Waals surface area contributed by atoms with Crippen LogP contribution in [0.15, 0.2) is 30.3 Å². The quantitative estimate of drug-likeness (QED) is 0.869. The molecule has 20 heavy (non-hydrogen) atoms. The van der Waals surface area contributed by atoms with Gasteiger partial charge in [0.1, 0.15) is 0 Å². The number of nitrogens with one attached hydrogen (secondary N) is 2. The van der Waals surface area contributed by atoms with Gasteiger partial charge in [0.2, 0.25) is 5.91 Å². The highest BCUT2D eigenvalue weighted by atomic mass is 35.5. The summed E-state index contributed by atoms with van der Waals surface area (Å²) in [6.07, 6.45) is 1.98. The van der Waals surface area contributed by atoms with Gasteiger partial charge in [0, 0.05) is 6.54 Å². The molecule has 1 amide bonds. The first-order valence-electron chi connectivity index (χ1n) is 6.59. The highest BCUT2D eigenvalue weighted by Gasteiger charge is 2.44. The second-order valence-corrected chi connectivity index (χ2v) is 5.17. The molecular formula is C14H21Cl2N3O. The maximum atomic E-state index is 11.7. The lowest BCUT2D eigenvalue weighted by atomic mass is 9.97. The lowest BCUT2D eigenvalue weighted by Gasteiger charge is -2.41. The van der Waals surface area contributed by atoms with Gasteiger partial charge in [-0.15, -0.1) is 24.8 Å². The minimum absolute atomic E-state index is 0. The Labute approximate surface area is 132 Å². The third-order valence-electron chi connectivity index (χ3n) is 3.96. The van der Waals surface area contributed by atoms with Gasteiger partial charge in [-0.1, -0.05) is 30.3 Å². The summed E-state index contributed by atoms with van der Waals surface area (Å²) in [5.74, 6) is 0.160. The molecule has 1 spiro atoms. The van der Waals surface area contributed by atoms with E-state index < -0.39 is 0 Å². The Morgan fingerprint density at radius 1 is 1.10 bits per heavy atom. The molecule has 0 aliphatic carbocycles. The third-order valence-corrected chi connectivity index (χ3v) is 3.96. The predicted molar refractivity (Wildman–Crippen MR) is 84.3 cm³/mol. The molecule has 3 rings (SSSR count). The molecule has 2 fully saturated rings. The zero-order valence-corrected chi connectivity index (χ0v) is 12.9. The Morgan fingerprint density at radius 3 is 2.40 bits per heavy atom. The maximum Gasteiger partial charge on any atom is 0.235 e. The van der Waals surface area contributed by atoms with E-state index in [1.165, 1.54) is 5.56 Å². The lowest BCUT2D eigenvalue weighted by Crippen LogP contribution is -2.57. The van der Waals surface area contributed by atoms with E-state index in [1.807, 2.05) is 6.07 Å². The van der Waals surface area contributed by atoms with E-state index >= 15 is 0 Å². The van der Waals surface area contributed by atoms with Crippen LogP contribution in [0.3, 0.4) is 0 Å². The Hall–Kier alpha value is -0.810. The molecule has 1 aromatic rings. The number of halogens is 2. The molecule has 6 heteroatoms. The highest BCUT2D eigenvalue weighted by molar-refractivity contribution is 5.85. The van der Waals surface area contributed by atoms with Gasteiger partial charge in [-0.2, -0.15) is 0 Å². The van der Waals surface area contributed by atoms with Crippen molar-refractivity contribution in [2.24, 2.45) is 0 Å². The average Bonchev–Trinajstić information content (AvgIpc) is 2.67. The van der Waals surface area contributed by atoms with E-state index in [-0.39, 0.29) is 36.4 Å². The number of rotatable bonds is 2. The highest BCUT2D eigenvalue weighted by Crippen LogP contribution is 2.28. The second-order valence-electron chi connectivity index (χ2n) is 5.17. The zero-order valence-electron chi connectivity index (χ0n) is 11.3. The Balaban J connectivity index is 0.000001000. The number of hydrogen-bond donors (Lipinski definition) is 2. The van der Waals surface area contributed by atoms with Gasteiger partial charge >= 0.3 is 0 Å². The molecule has 112 valence electrons. The molecule has 0 unspecified atom stereocenters. The Morgan fingerprint density at radius 2 is 1.75 bits per heavy atom. The summed E-state index contributed by atoms with van der Waals surface area (Å²) in [7, 11) is 0. The van der Waals surface area contributed by atoms with Gasteiger partial charge in [-0.05, 0) is 31.5 Å². The van der Waals surface area contributed by atoms with Gasteiger partial charge in [0.05, 0.1) is 12.2 Å². The number of nitrogens with zero attached hydrogens (tertiary/aromatic N) is 1. The first-order chi connectivity index (χ1) is 8.78. The fraction of sp³-hybridized carbons (Fsp3) is 0.500. The topological polar surface area (TPSA) is 44.4 Å². The zero-order chi connectivity index (χ0) is 12.4. The normalized spacial score (nSPS) is 20.9. The monoisotopic (exact) mass is 317 g/mol. The number of carbonyl (C=O) groups excluding carboxylic acids is 1. The first kappa shape index (κ1) is 17.2. The van der Waals surface area contributed by atoms with Crippen molar-refractivity contribution >= 4 is 30.7 Å². The minimum atomic E-state index is -0.113. The van der Waals surface area contributed by atoms with Crippen LogP contribution in [0.25, 0.3) is 0 Å². The molecule has 4 nitrogen and oxygen atoms in total. The smallest absolute Gasteiger partial charge is 0.235 e. The van der Waals surface area contributed by atoms with Gasteiger partial charge < -0.3 is 10.6 Å². The Bertz CT molecular complexity index is 435. The molecule has 2 saturated heterocycles. The van der Waals surface area contributed by atoms with Crippen LogP contribution in [0.1, 0.15) is 18.4 Å². The number of hydrogen-bond acceptors (Lipinski definition) is 3. The van der Waals surface area contributed by atoms with E-state index in [9.17, 15) is 4.79 Å². The number of piperidine rings is 1. The molecule has 2 N–H and O–H groups in total. The van der Waals surface area contributed by atoms with E-state index in [1.54, 1.807) is 0 Å². The molecule has 0 radical (unpaired) electrons. The summed E-state index contributed by atoms with van der Waals surface area (Å²) in [6, 6.07) is 10.4. The number of benzene rings is 1. The van der Waals surface area contributed by atoms with Crippen molar-refractivity contribution in [1.29, 1.82) is 0 Å². The van der Waals surface area contributed by atoms with Crippen molar-refractivity contribution in [2.45, 2.75) is 25.0 Å². The van der Waals surface area contributed by atoms with E-state index in [0.29, 0.717) is 6.54 Å². The van der Waals surface area contributed by atoms with Gasteiger partial charge in [-0.25, -0.2) is 0 Å². The van der Waals surface area contributed by atoms with E-state index in [0.717, 1.165) is 32.5 Å². The molecule has 2 aliphatic heterocycles. The van der Waals surface area contributed by atoms with Crippen molar-refractivity contribution in [3.63, 3.8) is 0 Å². The van der Waals surface area contributed by atoms with Crippen LogP contribution in [-0.2, 0) is 11.3 Å². The molecule has 0 saturated carbocycles. The number of amides is 1. The Kier molecular flexibility index (Phi) is 6.27. The van der Waals surface area contributed by atoms with Crippen LogP contribution >= 0.6 is 24.8 Å². The van der Waals surface area contributed by atoms with Gasteiger partial charge in [0.25, 0.3) is 0 Å². The molecule has 2 heterocycles. The van der Waals surface area contributed by atoms with Crippen molar-refractivity contribution in [1.82, 2.24) is 15.5 Å². The fourth-order valence-electron chi connectivity index (χ4n) is 3.00.